The molecule has 1 aliphatic rings. The molecular weight excluding hydrogens is 244 g/mol. The first-order valence-electron chi connectivity index (χ1n) is 6.56. The van der Waals surface area contributed by atoms with Crippen molar-refractivity contribution in [3.63, 3.8) is 0 Å². The summed E-state index contributed by atoms with van der Waals surface area (Å²) in [5.41, 5.74) is 9.29. The summed E-state index contributed by atoms with van der Waals surface area (Å²) in [7, 11) is 4.38. The molecule has 18 heavy (non-hydrogen) atoms. The number of likely N-dealkylation sites (tertiary alicyclic amines) is 1. The van der Waals surface area contributed by atoms with E-state index in [4.69, 9.17) is 5.73 Å². The van der Waals surface area contributed by atoms with Crippen LogP contribution in [-0.2, 0) is 6.54 Å². The van der Waals surface area contributed by atoms with Crippen LogP contribution in [0.1, 0.15) is 25.5 Å². The number of nitrogens with two attached hydrogens (primary N) is 1. The van der Waals surface area contributed by atoms with Crippen molar-refractivity contribution in [2.45, 2.75) is 37.9 Å². The lowest BCUT2D eigenvalue weighted by molar-refractivity contribution is 0.0216. The van der Waals surface area contributed by atoms with E-state index >= 15 is 0 Å². The lowest BCUT2D eigenvalue weighted by atomic mass is 9.82. The third kappa shape index (κ3) is 2.74. The number of hydrogen-bond acceptors (Lipinski definition) is 5. The van der Waals surface area contributed by atoms with Crippen LogP contribution in [0.5, 0.6) is 0 Å². The molecule has 2 unspecified atom stereocenters. The van der Waals surface area contributed by atoms with Gasteiger partial charge in [0.2, 0.25) is 0 Å². The van der Waals surface area contributed by atoms with E-state index in [1.165, 1.54) is 0 Å². The van der Waals surface area contributed by atoms with Gasteiger partial charge in [-0.15, -0.1) is 11.3 Å². The fraction of sp³-hybridized carbons (Fsp3) is 0.769. The number of hydrogen-bond donors (Lipinski definition) is 1. The predicted molar refractivity (Wildman–Crippen MR) is 76.7 cm³/mol. The quantitative estimate of drug-likeness (QED) is 0.896. The van der Waals surface area contributed by atoms with Crippen molar-refractivity contribution in [1.29, 1.82) is 0 Å². The van der Waals surface area contributed by atoms with Crippen molar-refractivity contribution in [2.75, 3.05) is 27.2 Å². The smallest absolute Gasteiger partial charge is 0.0795 e. The summed E-state index contributed by atoms with van der Waals surface area (Å²) in [6.45, 7) is 5.04. The van der Waals surface area contributed by atoms with Crippen LogP contribution in [0.4, 0.5) is 0 Å². The highest BCUT2D eigenvalue weighted by Gasteiger charge is 2.39. The van der Waals surface area contributed by atoms with Gasteiger partial charge in [-0.3, -0.25) is 4.90 Å². The fourth-order valence-electron chi connectivity index (χ4n) is 2.83. The molecule has 0 radical (unpaired) electrons. The lowest BCUT2D eigenvalue weighted by Gasteiger charge is -2.49. The summed E-state index contributed by atoms with van der Waals surface area (Å²) in [5.74, 6) is 0. The molecule has 2 rings (SSSR count). The molecule has 102 valence electrons. The molecule has 5 heteroatoms. The van der Waals surface area contributed by atoms with Gasteiger partial charge in [0.05, 0.1) is 11.2 Å². The lowest BCUT2D eigenvalue weighted by Crippen LogP contribution is -2.59. The molecule has 1 aromatic rings. The van der Waals surface area contributed by atoms with Crippen molar-refractivity contribution in [3.05, 3.63) is 16.6 Å². The zero-order valence-corrected chi connectivity index (χ0v) is 12.4. The van der Waals surface area contributed by atoms with Crippen molar-refractivity contribution in [1.82, 2.24) is 14.8 Å². The van der Waals surface area contributed by atoms with Gasteiger partial charge in [0.15, 0.2) is 0 Å². The van der Waals surface area contributed by atoms with Crippen LogP contribution in [0.2, 0.25) is 0 Å². The minimum Gasteiger partial charge on any atom is -0.329 e. The molecule has 2 atom stereocenters. The van der Waals surface area contributed by atoms with Gasteiger partial charge in [-0.25, -0.2) is 4.98 Å². The largest absolute Gasteiger partial charge is 0.329 e. The van der Waals surface area contributed by atoms with Crippen LogP contribution in [0.25, 0.3) is 0 Å². The maximum atomic E-state index is 6.10. The molecule has 2 N–H and O–H groups in total. The molecule has 1 aromatic heterocycles. The average Bonchev–Trinajstić information content (AvgIpc) is 2.85. The van der Waals surface area contributed by atoms with Gasteiger partial charge in [-0.1, -0.05) is 0 Å². The van der Waals surface area contributed by atoms with Gasteiger partial charge in [0, 0.05) is 30.1 Å². The number of nitrogens with zero attached hydrogens (tertiary/aromatic N) is 3. The number of aromatic nitrogens is 1. The van der Waals surface area contributed by atoms with Crippen LogP contribution in [0, 0.1) is 0 Å². The summed E-state index contributed by atoms with van der Waals surface area (Å²) < 4.78 is 0. The summed E-state index contributed by atoms with van der Waals surface area (Å²) in [4.78, 5) is 9.21. The molecular formula is C13H24N4S. The second kappa shape index (κ2) is 5.65. The number of rotatable bonds is 4. The van der Waals surface area contributed by atoms with E-state index in [0.717, 1.165) is 38.2 Å². The normalized spacial score (nSPS) is 29.9. The van der Waals surface area contributed by atoms with Gasteiger partial charge in [-0.2, -0.15) is 0 Å². The van der Waals surface area contributed by atoms with Crippen LogP contribution < -0.4 is 5.73 Å². The molecule has 0 saturated carbocycles. The van der Waals surface area contributed by atoms with E-state index in [1.807, 2.05) is 5.51 Å². The molecule has 1 fully saturated rings. The molecule has 0 aliphatic carbocycles. The number of piperidine rings is 1. The van der Waals surface area contributed by atoms with E-state index in [1.54, 1.807) is 11.3 Å². The summed E-state index contributed by atoms with van der Waals surface area (Å²) in [6, 6.07) is 0.597. The third-order valence-electron chi connectivity index (χ3n) is 4.43. The SMILES string of the molecule is CC1CC(CN)(N(C)Cc2cscn2)CCN1C. The molecule has 2 heterocycles. The Kier molecular flexibility index (Phi) is 4.37. The first-order chi connectivity index (χ1) is 8.57. The highest BCUT2D eigenvalue weighted by atomic mass is 32.1. The Morgan fingerprint density at radius 3 is 3.00 bits per heavy atom. The van der Waals surface area contributed by atoms with E-state index in [9.17, 15) is 0 Å². The Morgan fingerprint density at radius 1 is 1.67 bits per heavy atom. The summed E-state index contributed by atoms with van der Waals surface area (Å²) in [6.07, 6.45) is 2.28. The Hall–Kier alpha value is -0.490. The third-order valence-corrected chi connectivity index (χ3v) is 5.07. The Balaban J connectivity index is 2.07. The van der Waals surface area contributed by atoms with E-state index < -0.39 is 0 Å². The molecule has 0 spiro atoms. The molecule has 0 bridgehead atoms. The van der Waals surface area contributed by atoms with Crippen LogP contribution in [0.15, 0.2) is 10.9 Å². The second-order valence-corrected chi connectivity index (χ2v) is 6.27. The topological polar surface area (TPSA) is 45.4 Å². The summed E-state index contributed by atoms with van der Waals surface area (Å²) in [5, 5.41) is 2.12. The minimum absolute atomic E-state index is 0.134. The highest BCUT2D eigenvalue weighted by Crippen LogP contribution is 2.31. The maximum absolute atomic E-state index is 6.10. The van der Waals surface area contributed by atoms with Gasteiger partial charge >= 0.3 is 0 Å². The number of likely N-dealkylation sites (N-methyl/N-ethyl adjacent to an activating group) is 1. The van der Waals surface area contributed by atoms with Gasteiger partial charge in [0.1, 0.15) is 0 Å². The van der Waals surface area contributed by atoms with Crippen molar-refractivity contribution in [3.8, 4) is 0 Å². The summed E-state index contributed by atoms with van der Waals surface area (Å²) >= 11 is 1.66. The monoisotopic (exact) mass is 268 g/mol. The predicted octanol–water partition coefficient (Wildman–Crippen LogP) is 1.39. The molecule has 1 saturated heterocycles. The zero-order chi connectivity index (χ0) is 13.2. The fourth-order valence-corrected chi connectivity index (χ4v) is 3.38. The average molecular weight is 268 g/mol. The van der Waals surface area contributed by atoms with E-state index in [-0.39, 0.29) is 5.54 Å². The van der Waals surface area contributed by atoms with Crippen molar-refractivity contribution < 1.29 is 0 Å². The van der Waals surface area contributed by atoms with Gasteiger partial charge in [0.25, 0.3) is 0 Å². The van der Waals surface area contributed by atoms with Gasteiger partial charge < -0.3 is 10.6 Å². The molecule has 4 nitrogen and oxygen atoms in total. The van der Waals surface area contributed by atoms with E-state index in [2.05, 4.69) is 41.2 Å². The minimum atomic E-state index is 0.134. The van der Waals surface area contributed by atoms with Crippen LogP contribution in [0.3, 0.4) is 0 Å². The van der Waals surface area contributed by atoms with Crippen LogP contribution >= 0.6 is 11.3 Å². The Bertz CT molecular complexity index is 367. The molecule has 1 aliphatic heterocycles. The van der Waals surface area contributed by atoms with Crippen molar-refractivity contribution >= 4 is 11.3 Å². The zero-order valence-electron chi connectivity index (χ0n) is 11.6. The highest BCUT2D eigenvalue weighted by molar-refractivity contribution is 7.07. The van der Waals surface area contributed by atoms with Crippen molar-refractivity contribution in [2.24, 2.45) is 5.73 Å². The first-order valence-corrected chi connectivity index (χ1v) is 7.50. The maximum Gasteiger partial charge on any atom is 0.0795 e. The van der Waals surface area contributed by atoms with Crippen LogP contribution in [-0.4, -0.2) is 53.5 Å². The molecule has 0 amide bonds. The Morgan fingerprint density at radius 2 is 2.44 bits per heavy atom. The standard InChI is InChI=1S/C13H24N4S/c1-11-6-13(9-14,4-5-16(11)2)17(3)7-12-8-18-10-15-12/h8,10-11H,4-7,9,14H2,1-3H3. The Labute approximate surface area is 114 Å². The number of thiazole rings is 1. The first kappa shape index (κ1) is 13.9. The van der Waals surface area contributed by atoms with E-state index in [0.29, 0.717) is 6.04 Å². The van der Waals surface area contributed by atoms with Gasteiger partial charge in [-0.05, 0) is 40.4 Å². The second-order valence-electron chi connectivity index (χ2n) is 5.55. The molecule has 0 aromatic carbocycles.